The van der Waals surface area contributed by atoms with Gasteiger partial charge in [-0.05, 0) is 41.5 Å². The van der Waals surface area contributed by atoms with Crippen molar-refractivity contribution in [3.05, 3.63) is 59.4 Å². The highest BCUT2D eigenvalue weighted by molar-refractivity contribution is 5.96. The SMILES string of the molecule is O=C(/C=C/c1ccc2c(c1)CCO2)NNC(=O)c1ccc[nH]1. The summed E-state index contributed by atoms with van der Waals surface area (Å²) in [7, 11) is 0. The summed E-state index contributed by atoms with van der Waals surface area (Å²) < 4.78 is 5.43. The van der Waals surface area contributed by atoms with E-state index < -0.39 is 11.8 Å². The van der Waals surface area contributed by atoms with E-state index in [2.05, 4.69) is 15.8 Å². The van der Waals surface area contributed by atoms with E-state index in [4.69, 9.17) is 4.74 Å². The Hall–Kier alpha value is -3.02. The van der Waals surface area contributed by atoms with Gasteiger partial charge >= 0.3 is 0 Å². The first-order valence-corrected chi connectivity index (χ1v) is 6.90. The molecule has 6 nitrogen and oxygen atoms in total. The lowest BCUT2D eigenvalue weighted by Gasteiger charge is -2.03. The number of aromatic nitrogens is 1. The number of aromatic amines is 1. The molecule has 2 amide bonds. The Bertz CT molecular complexity index is 720. The number of hydrazine groups is 1. The lowest BCUT2D eigenvalue weighted by molar-refractivity contribution is -0.117. The molecule has 112 valence electrons. The molecule has 6 heteroatoms. The highest BCUT2D eigenvalue weighted by Crippen LogP contribution is 2.26. The second-order valence-corrected chi connectivity index (χ2v) is 4.83. The molecule has 0 atom stereocenters. The maximum absolute atomic E-state index is 11.7. The van der Waals surface area contributed by atoms with Crippen LogP contribution in [0.1, 0.15) is 21.6 Å². The molecule has 0 saturated heterocycles. The van der Waals surface area contributed by atoms with Gasteiger partial charge in [-0.1, -0.05) is 6.07 Å². The third-order valence-electron chi connectivity index (χ3n) is 3.28. The molecule has 0 bridgehead atoms. The van der Waals surface area contributed by atoms with Crippen LogP contribution in [-0.4, -0.2) is 23.4 Å². The molecule has 3 N–H and O–H groups in total. The van der Waals surface area contributed by atoms with Gasteiger partial charge in [-0.25, -0.2) is 0 Å². The second-order valence-electron chi connectivity index (χ2n) is 4.83. The summed E-state index contributed by atoms with van der Waals surface area (Å²) >= 11 is 0. The number of carbonyl (C=O) groups is 2. The third-order valence-corrected chi connectivity index (χ3v) is 3.28. The number of rotatable bonds is 3. The number of carbonyl (C=O) groups excluding carboxylic acids is 2. The lowest BCUT2D eigenvalue weighted by atomic mass is 10.1. The van der Waals surface area contributed by atoms with Crippen LogP contribution in [-0.2, 0) is 11.2 Å². The number of hydrogen-bond donors (Lipinski definition) is 3. The van der Waals surface area contributed by atoms with E-state index in [1.165, 1.54) is 6.08 Å². The molecule has 1 aromatic heterocycles. The number of benzene rings is 1. The maximum atomic E-state index is 11.7. The molecule has 2 aromatic rings. The van der Waals surface area contributed by atoms with Crippen molar-refractivity contribution in [2.75, 3.05) is 6.61 Å². The summed E-state index contributed by atoms with van der Waals surface area (Å²) in [6, 6.07) is 9.08. The molecule has 22 heavy (non-hydrogen) atoms. The first-order valence-electron chi connectivity index (χ1n) is 6.90. The number of ether oxygens (including phenoxy) is 1. The van der Waals surface area contributed by atoms with Crippen molar-refractivity contribution in [1.82, 2.24) is 15.8 Å². The quantitative estimate of drug-likeness (QED) is 0.592. The van der Waals surface area contributed by atoms with E-state index >= 15 is 0 Å². The molecule has 3 rings (SSSR count). The maximum Gasteiger partial charge on any atom is 0.286 e. The molecular weight excluding hydrogens is 282 g/mol. The zero-order valence-corrected chi connectivity index (χ0v) is 11.8. The minimum Gasteiger partial charge on any atom is -0.493 e. The van der Waals surface area contributed by atoms with Crippen LogP contribution in [0.2, 0.25) is 0 Å². The second kappa shape index (κ2) is 6.17. The first-order chi connectivity index (χ1) is 10.7. The predicted octanol–water partition coefficient (Wildman–Crippen LogP) is 1.42. The minimum absolute atomic E-state index is 0.378. The normalized spacial score (nSPS) is 12.7. The summed E-state index contributed by atoms with van der Waals surface area (Å²) in [5.41, 5.74) is 7.08. The van der Waals surface area contributed by atoms with Gasteiger partial charge in [0.2, 0.25) is 0 Å². The number of amides is 2. The molecule has 1 aliphatic heterocycles. The predicted molar refractivity (Wildman–Crippen MR) is 81.1 cm³/mol. The zero-order chi connectivity index (χ0) is 15.4. The van der Waals surface area contributed by atoms with Gasteiger partial charge in [-0.2, -0.15) is 0 Å². The Balaban J connectivity index is 1.54. The molecular formula is C16H15N3O3. The van der Waals surface area contributed by atoms with Gasteiger partial charge in [0.1, 0.15) is 11.4 Å². The fraction of sp³-hybridized carbons (Fsp3) is 0.125. The topological polar surface area (TPSA) is 83.2 Å². The Kier molecular flexibility index (Phi) is 3.91. The van der Waals surface area contributed by atoms with Crippen LogP contribution in [0.25, 0.3) is 6.08 Å². The van der Waals surface area contributed by atoms with Crippen LogP contribution < -0.4 is 15.6 Å². The average molecular weight is 297 g/mol. The van der Waals surface area contributed by atoms with E-state index in [9.17, 15) is 9.59 Å². The Morgan fingerprint density at radius 2 is 2.14 bits per heavy atom. The van der Waals surface area contributed by atoms with Crippen LogP contribution in [0.4, 0.5) is 0 Å². The van der Waals surface area contributed by atoms with E-state index in [1.807, 2.05) is 18.2 Å². The van der Waals surface area contributed by atoms with Crippen molar-refractivity contribution < 1.29 is 14.3 Å². The summed E-state index contributed by atoms with van der Waals surface area (Å²) in [6.45, 7) is 0.702. The molecule has 1 aromatic carbocycles. The highest BCUT2D eigenvalue weighted by atomic mass is 16.5. The summed E-state index contributed by atoms with van der Waals surface area (Å²) in [4.78, 5) is 26.0. The lowest BCUT2D eigenvalue weighted by Crippen LogP contribution is -2.40. The van der Waals surface area contributed by atoms with Crippen molar-refractivity contribution in [3.8, 4) is 5.75 Å². The van der Waals surface area contributed by atoms with Crippen molar-refractivity contribution >= 4 is 17.9 Å². The van der Waals surface area contributed by atoms with Gasteiger partial charge < -0.3 is 9.72 Å². The Morgan fingerprint density at radius 1 is 1.23 bits per heavy atom. The molecule has 0 aliphatic carbocycles. The summed E-state index contributed by atoms with van der Waals surface area (Å²) in [5.74, 6) is 0.0953. The largest absolute Gasteiger partial charge is 0.493 e. The van der Waals surface area contributed by atoms with Crippen molar-refractivity contribution in [2.24, 2.45) is 0 Å². The zero-order valence-electron chi connectivity index (χ0n) is 11.8. The van der Waals surface area contributed by atoms with Crippen LogP contribution in [0.3, 0.4) is 0 Å². The minimum atomic E-state index is -0.406. The average Bonchev–Trinajstić information content (AvgIpc) is 3.20. The van der Waals surface area contributed by atoms with Gasteiger partial charge in [-0.15, -0.1) is 0 Å². The fourth-order valence-corrected chi connectivity index (χ4v) is 2.18. The summed E-state index contributed by atoms with van der Waals surface area (Å²) in [5, 5.41) is 0. The van der Waals surface area contributed by atoms with E-state index in [0.717, 1.165) is 23.3 Å². The fourth-order valence-electron chi connectivity index (χ4n) is 2.18. The molecule has 0 saturated carbocycles. The third kappa shape index (κ3) is 3.17. The van der Waals surface area contributed by atoms with Crippen molar-refractivity contribution in [3.63, 3.8) is 0 Å². The van der Waals surface area contributed by atoms with E-state index in [1.54, 1.807) is 24.4 Å². The molecule has 0 radical (unpaired) electrons. The van der Waals surface area contributed by atoms with E-state index in [0.29, 0.717) is 12.3 Å². The number of hydrogen-bond acceptors (Lipinski definition) is 3. The summed E-state index contributed by atoms with van der Waals surface area (Å²) in [6.07, 6.45) is 5.57. The monoisotopic (exact) mass is 297 g/mol. The highest BCUT2D eigenvalue weighted by Gasteiger charge is 2.11. The van der Waals surface area contributed by atoms with Gasteiger partial charge in [0.25, 0.3) is 11.8 Å². The molecule has 1 aliphatic rings. The van der Waals surface area contributed by atoms with Gasteiger partial charge in [0.05, 0.1) is 6.61 Å². The van der Waals surface area contributed by atoms with Crippen molar-refractivity contribution in [1.29, 1.82) is 0 Å². The van der Waals surface area contributed by atoms with Crippen LogP contribution >= 0.6 is 0 Å². The Morgan fingerprint density at radius 3 is 2.95 bits per heavy atom. The van der Waals surface area contributed by atoms with Crippen LogP contribution in [0, 0.1) is 0 Å². The van der Waals surface area contributed by atoms with Gasteiger partial charge in [-0.3, -0.25) is 20.4 Å². The van der Waals surface area contributed by atoms with Gasteiger partial charge in [0.15, 0.2) is 0 Å². The number of fused-ring (bicyclic) bond motifs is 1. The van der Waals surface area contributed by atoms with Gasteiger partial charge in [0, 0.05) is 18.7 Å². The van der Waals surface area contributed by atoms with Crippen molar-refractivity contribution in [2.45, 2.75) is 6.42 Å². The smallest absolute Gasteiger partial charge is 0.286 e. The number of H-pyrrole nitrogens is 1. The first kappa shape index (κ1) is 13.9. The molecule has 2 heterocycles. The standard InChI is InChI=1S/C16H15N3O3/c20-15(18-19-16(21)13-2-1-8-17-13)6-4-11-3-5-14-12(10-11)7-9-22-14/h1-6,8,10,17H,7,9H2,(H,18,20)(H,19,21)/b6-4+. The Labute approximate surface area is 127 Å². The number of nitrogens with one attached hydrogen (secondary N) is 3. The molecule has 0 spiro atoms. The van der Waals surface area contributed by atoms with Crippen LogP contribution in [0.15, 0.2) is 42.6 Å². The van der Waals surface area contributed by atoms with Crippen LogP contribution in [0.5, 0.6) is 5.75 Å². The molecule has 0 unspecified atom stereocenters. The molecule has 0 fully saturated rings. The van der Waals surface area contributed by atoms with E-state index in [-0.39, 0.29) is 0 Å².